The number of rotatable bonds is 6. The van der Waals surface area contributed by atoms with Crippen LogP contribution in [0.1, 0.15) is 11.1 Å². The van der Waals surface area contributed by atoms with Crippen LogP contribution in [-0.2, 0) is 16.2 Å². The summed E-state index contributed by atoms with van der Waals surface area (Å²) in [6.45, 7) is 0.304. The van der Waals surface area contributed by atoms with Crippen LogP contribution in [0.25, 0.3) is 6.08 Å². The van der Waals surface area contributed by atoms with Crippen molar-refractivity contribution in [3.63, 3.8) is 0 Å². The van der Waals surface area contributed by atoms with Gasteiger partial charge >= 0.3 is 6.03 Å². The summed E-state index contributed by atoms with van der Waals surface area (Å²) < 4.78 is 13.0. The molecule has 1 N–H and O–H groups in total. The Bertz CT molecular complexity index is 1360. The van der Waals surface area contributed by atoms with Gasteiger partial charge in [-0.3, -0.25) is 14.9 Å². The largest absolute Gasteiger partial charge is 0.493 e. The van der Waals surface area contributed by atoms with E-state index in [0.717, 1.165) is 14.9 Å². The molecular formula is C25H17Br2ClN2O5. The number of carbonyl (C=O) groups is 3. The van der Waals surface area contributed by atoms with Crippen LogP contribution in [0.5, 0.6) is 11.5 Å². The smallest absolute Gasteiger partial charge is 0.335 e. The number of hydrogen-bond acceptors (Lipinski definition) is 5. The van der Waals surface area contributed by atoms with Crippen molar-refractivity contribution in [3.8, 4) is 11.5 Å². The zero-order valence-electron chi connectivity index (χ0n) is 18.2. The Hall–Kier alpha value is -3.14. The highest BCUT2D eigenvalue weighted by molar-refractivity contribution is 9.10. The van der Waals surface area contributed by atoms with E-state index < -0.39 is 17.8 Å². The molecule has 0 spiro atoms. The van der Waals surface area contributed by atoms with Crippen LogP contribution >= 0.6 is 43.5 Å². The van der Waals surface area contributed by atoms with Gasteiger partial charge in [0.2, 0.25) is 0 Å². The molecule has 3 aromatic carbocycles. The first kappa shape index (κ1) is 25.0. The van der Waals surface area contributed by atoms with Crippen molar-refractivity contribution < 1.29 is 23.9 Å². The topological polar surface area (TPSA) is 84.9 Å². The zero-order valence-corrected chi connectivity index (χ0v) is 22.1. The molecule has 4 amide bonds. The minimum absolute atomic E-state index is 0.172. The van der Waals surface area contributed by atoms with Gasteiger partial charge in [0.1, 0.15) is 12.2 Å². The van der Waals surface area contributed by atoms with Crippen LogP contribution in [0.4, 0.5) is 10.5 Å². The first-order chi connectivity index (χ1) is 16.8. The van der Waals surface area contributed by atoms with Crippen molar-refractivity contribution >= 4 is 73.1 Å². The number of amides is 4. The molecule has 0 unspecified atom stereocenters. The lowest BCUT2D eigenvalue weighted by atomic mass is 10.1. The molecule has 0 radical (unpaired) electrons. The molecule has 35 heavy (non-hydrogen) atoms. The van der Waals surface area contributed by atoms with Crippen molar-refractivity contribution in [3.05, 3.63) is 91.3 Å². The second kappa shape index (κ2) is 10.6. The van der Waals surface area contributed by atoms with E-state index >= 15 is 0 Å². The molecule has 0 bridgehead atoms. The Morgan fingerprint density at radius 2 is 1.74 bits per heavy atom. The second-order valence-corrected chi connectivity index (χ2v) is 9.54. The van der Waals surface area contributed by atoms with Gasteiger partial charge in [-0.1, -0.05) is 51.8 Å². The van der Waals surface area contributed by atoms with E-state index in [9.17, 15) is 14.4 Å². The molecular weight excluding hydrogens is 604 g/mol. The molecule has 0 atom stereocenters. The third-order valence-electron chi connectivity index (χ3n) is 5.05. The number of ether oxygens (including phenoxy) is 2. The zero-order chi connectivity index (χ0) is 25.1. The SMILES string of the molecule is COc1cc(/C=C2\C(=O)NC(=O)N(c3ccccc3Cl)C2=O)cc(Br)c1OCc1ccc(Br)cc1. The van der Waals surface area contributed by atoms with Crippen LogP contribution in [-0.4, -0.2) is 25.0 Å². The van der Waals surface area contributed by atoms with Gasteiger partial charge in [-0.2, -0.15) is 0 Å². The molecule has 1 fully saturated rings. The normalized spacial score (nSPS) is 14.8. The van der Waals surface area contributed by atoms with Gasteiger partial charge in [-0.15, -0.1) is 0 Å². The number of methoxy groups -OCH3 is 1. The van der Waals surface area contributed by atoms with Gasteiger partial charge < -0.3 is 9.47 Å². The summed E-state index contributed by atoms with van der Waals surface area (Å²) in [6, 6.07) is 16.5. The van der Waals surface area contributed by atoms with E-state index in [-0.39, 0.29) is 16.3 Å². The molecule has 1 aliphatic rings. The van der Waals surface area contributed by atoms with Crippen LogP contribution in [0.15, 0.2) is 75.2 Å². The minimum Gasteiger partial charge on any atom is -0.493 e. The van der Waals surface area contributed by atoms with Gasteiger partial charge in [0.15, 0.2) is 11.5 Å². The highest BCUT2D eigenvalue weighted by atomic mass is 79.9. The van der Waals surface area contributed by atoms with E-state index in [1.54, 1.807) is 30.3 Å². The van der Waals surface area contributed by atoms with Gasteiger partial charge in [-0.05, 0) is 69.5 Å². The number of nitrogens with zero attached hydrogens (tertiary/aromatic N) is 1. The van der Waals surface area contributed by atoms with Crippen molar-refractivity contribution in [1.82, 2.24) is 5.32 Å². The Kier molecular flexibility index (Phi) is 7.59. The first-order valence-electron chi connectivity index (χ1n) is 10.2. The van der Waals surface area contributed by atoms with E-state index in [0.29, 0.717) is 28.1 Å². The predicted octanol–water partition coefficient (Wildman–Crippen LogP) is 6.12. The molecule has 1 saturated heterocycles. The predicted molar refractivity (Wildman–Crippen MR) is 140 cm³/mol. The van der Waals surface area contributed by atoms with Gasteiger partial charge in [0.25, 0.3) is 11.8 Å². The summed E-state index contributed by atoms with van der Waals surface area (Å²) in [5.74, 6) is -0.748. The molecule has 7 nitrogen and oxygen atoms in total. The summed E-state index contributed by atoms with van der Waals surface area (Å²) in [4.78, 5) is 38.9. The van der Waals surface area contributed by atoms with Crippen molar-refractivity contribution in [2.24, 2.45) is 0 Å². The molecule has 178 valence electrons. The average molecular weight is 621 g/mol. The molecule has 10 heteroatoms. The highest BCUT2D eigenvalue weighted by Crippen LogP contribution is 2.38. The number of imide groups is 2. The molecule has 1 aliphatic heterocycles. The maximum absolute atomic E-state index is 13.1. The number of barbiturate groups is 1. The number of carbonyl (C=O) groups excluding carboxylic acids is 3. The monoisotopic (exact) mass is 618 g/mol. The van der Waals surface area contributed by atoms with E-state index in [2.05, 4.69) is 37.2 Å². The molecule has 0 aliphatic carbocycles. The van der Waals surface area contributed by atoms with E-state index in [1.165, 1.54) is 19.3 Å². The number of benzene rings is 3. The van der Waals surface area contributed by atoms with E-state index in [4.69, 9.17) is 21.1 Å². The Labute approximate surface area is 222 Å². The summed E-state index contributed by atoms with van der Waals surface area (Å²) >= 11 is 13.1. The quantitative estimate of drug-likeness (QED) is 0.265. The third kappa shape index (κ3) is 5.42. The van der Waals surface area contributed by atoms with Crippen molar-refractivity contribution in [2.45, 2.75) is 6.61 Å². The number of nitrogens with one attached hydrogen (secondary N) is 1. The maximum Gasteiger partial charge on any atom is 0.335 e. The molecule has 3 aromatic rings. The third-order valence-corrected chi connectivity index (χ3v) is 6.49. The summed E-state index contributed by atoms with van der Waals surface area (Å²) in [5, 5.41) is 2.38. The van der Waals surface area contributed by atoms with Crippen LogP contribution in [0, 0.1) is 0 Å². The second-order valence-electron chi connectivity index (χ2n) is 7.36. The number of urea groups is 1. The van der Waals surface area contributed by atoms with Crippen LogP contribution < -0.4 is 19.7 Å². The lowest BCUT2D eigenvalue weighted by Gasteiger charge is -2.27. The lowest BCUT2D eigenvalue weighted by Crippen LogP contribution is -2.54. The summed E-state index contributed by atoms with van der Waals surface area (Å²) in [6.07, 6.45) is 1.37. The molecule has 0 saturated carbocycles. The first-order valence-corrected chi connectivity index (χ1v) is 12.2. The number of hydrogen-bond donors (Lipinski definition) is 1. The van der Waals surface area contributed by atoms with Crippen molar-refractivity contribution in [2.75, 3.05) is 12.0 Å². The number of halogens is 3. The lowest BCUT2D eigenvalue weighted by molar-refractivity contribution is -0.122. The Balaban J connectivity index is 1.64. The standard InChI is InChI=1S/C25H17Br2ClN2O5/c1-34-21-12-15(11-18(27)22(21)35-13-14-6-8-16(26)9-7-14)10-17-23(31)29-25(33)30(24(17)32)20-5-3-2-4-19(20)28/h2-12H,13H2,1H3,(H,29,31,33)/b17-10+. The summed E-state index contributed by atoms with van der Waals surface area (Å²) in [7, 11) is 1.49. The molecule has 1 heterocycles. The highest BCUT2D eigenvalue weighted by Gasteiger charge is 2.37. The fourth-order valence-corrected chi connectivity index (χ4v) is 4.43. The Morgan fingerprint density at radius 1 is 1.03 bits per heavy atom. The number of para-hydroxylation sites is 1. The Morgan fingerprint density at radius 3 is 2.43 bits per heavy atom. The average Bonchev–Trinajstić information content (AvgIpc) is 2.83. The molecule has 0 aromatic heterocycles. The minimum atomic E-state index is -0.874. The number of anilines is 1. The fraction of sp³-hybridized carbons (Fsp3) is 0.0800. The van der Waals surface area contributed by atoms with Gasteiger partial charge in [0, 0.05) is 4.47 Å². The maximum atomic E-state index is 13.1. The van der Waals surface area contributed by atoms with Crippen LogP contribution in [0.3, 0.4) is 0 Å². The summed E-state index contributed by atoms with van der Waals surface area (Å²) in [5.41, 5.74) is 1.38. The van der Waals surface area contributed by atoms with Crippen molar-refractivity contribution in [1.29, 1.82) is 0 Å². The van der Waals surface area contributed by atoms with Gasteiger partial charge in [0.05, 0.1) is 22.3 Å². The molecule has 4 rings (SSSR count). The van der Waals surface area contributed by atoms with E-state index in [1.807, 2.05) is 24.3 Å². The fourth-order valence-electron chi connectivity index (χ4n) is 3.38. The van der Waals surface area contributed by atoms with Crippen LogP contribution in [0.2, 0.25) is 5.02 Å². The van der Waals surface area contributed by atoms with Gasteiger partial charge in [-0.25, -0.2) is 9.69 Å².